The first kappa shape index (κ1) is 27.7. The lowest BCUT2D eigenvalue weighted by Crippen LogP contribution is -2.60. The number of hydrogen-bond acceptors (Lipinski definition) is 6. The van der Waals surface area contributed by atoms with Gasteiger partial charge in [-0.05, 0) is 104 Å². The Morgan fingerprint density at radius 3 is 1.44 bits per heavy atom. The lowest BCUT2D eigenvalue weighted by Gasteiger charge is -2.55. The number of carboxylic acids is 2. The summed E-state index contributed by atoms with van der Waals surface area (Å²) in [6.07, 6.45) is 3.45. The van der Waals surface area contributed by atoms with E-state index in [-0.39, 0.29) is 22.6 Å². The highest BCUT2D eigenvalue weighted by Crippen LogP contribution is 2.50. The molecule has 36 heavy (non-hydrogen) atoms. The molecule has 8 heteroatoms. The van der Waals surface area contributed by atoms with Crippen LogP contribution in [0.4, 0.5) is 0 Å². The van der Waals surface area contributed by atoms with E-state index in [1.807, 2.05) is 55.4 Å². The summed E-state index contributed by atoms with van der Waals surface area (Å²) in [5.41, 5.74) is -1.84. The zero-order valence-electron chi connectivity index (χ0n) is 22.6. The third kappa shape index (κ3) is 4.62. The van der Waals surface area contributed by atoms with Gasteiger partial charge in [0.1, 0.15) is 0 Å². The maximum absolute atomic E-state index is 12.7. The summed E-state index contributed by atoms with van der Waals surface area (Å²) in [7, 11) is 0. The van der Waals surface area contributed by atoms with Gasteiger partial charge in [-0.1, -0.05) is 12.1 Å². The van der Waals surface area contributed by atoms with Gasteiger partial charge in [0.25, 0.3) is 0 Å². The van der Waals surface area contributed by atoms with Gasteiger partial charge >= 0.3 is 0 Å². The van der Waals surface area contributed by atoms with Gasteiger partial charge in [0.05, 0.1) is 11.9 Å². The van der Waals surface area contributed by atoms with E-state index in [1.165, 1.54) is 6.07 Å². The monoisotopic (exact) mass is 498 g/mol. The molecule has 0 aliphatic carbocycles. The molecule has 0 N–H and O–H groups in total. The van der Waals surface area contributed by atoms with E-state index in [1.54, 1.807) is 15.9 Å². The second-order valence-electron chi connectivity index (χ2n) is 13.0. The minimum atomic E-state index is -1.44. The Morgan fingerprint density at radius 2 is 1.11 bits per heavy atom. The fraction of sp³-hybridized carbons (Fsp3) is 0.643. The van der Waals surface area contributed by atoms with Gasteiger partial charge in [-0.25, -0.2) is 0 Å². The first-order chi connectivity index (χ1) is 16.4. The number of likely N-dealkylation sites (tertiary alicyclic amines) is 2. The van der Waals surface area contributed by atoms with Crippen molar-refractivity contribution in [2.45, 2.75) is 115 Å². The minimum absolute atomic E-state index is 0.0935. The number of carboxylic acid groups (broad SMARTS) is 2. The van der Waals surface area contributed by atoms with Crippen molar-refractivity contribution < 1.29 is 29.4 Å². The summed E-state index contributed by atoms with van der Waals surface area (Å²) in [6, 6.07) is 3.02. The van der Waals surface area contributed by atoms with Crippen LogP contribution in [-0.2, 0) is 9.59 Å². The van der Waals surface area contributed by atoms with Crippen LogP contribution in [0.15, 0.2) is 12.1 Å². The summed E-state index contributed by atoms with van der Waals surface area (Å²) in [5.74, 6) is -3.54. The number of carbonyl (C=O) groups is 4. The zero-order valence-corrected chi connectivity index (χ0v) is 22.6. The summed E-state index contributed by atoms with van der Waals surface area (Å²) < 4.78 is 0. The number of hydrogen-bond donors (Lipinski definition) is 0. The number of rotatable bonds is 6. The predicted molar refractivity (Wildman–Crippen MR) is 131 cm³/mol. The number of amides is 2. The standard InChI is InChI=1S/C28H40N2O6/c1-25(2)11-17(12-26(3,4)29(25)15-31)19-9-10-20(23(33)34)21(22(19)24(35)36)18-13-27(5,6)30(16-32)28(7,8)14-18/h9-10,15-18H,11-14H2,1-8H3,(H,33,34)(H,35,36)/p-2. The molecular formula is C28H38N2O6-2. The van der Waals surface area contributed by atoms with Gasteiger partial charge < -0.3 is 29.6 Å². The molecule has 1 aromatic carbocycles. The Morgan fingerprint density at radius 1 is 0.722 bits per heavy atom. The molecule has 0 aromatic heterocycles. The van der Waals surface area contributed by atoms with Crippen LogP contribution in [0.2, 0.25) is 0 Å². The molecule has 3 rings (SSSR count). The van der Waals surface area contributed by atoms with Crippen LogP contribution in [0.3, 0.4) is 0 Å². The van der Waals surface area contributed by atoms with Crippen molar-refractivity contribution in [3.63, 3.8) is 0 Å². The van der Waals surface area contributed by atoms with Gasteiger partial charge in [-0.15, -0.1) is 0 Å². The predicted octanol–water partition coefficient (Wildman–Crippen LogP) is 2.20. The Kier molecular flexibility index (Phi) is 6.84. The second kappa shape index (κ2) is 8.89. The van der Waals surface area contributed by atoms with Crippen molar-refractivity contribution >= 4 is 24.8 Å². The van der Waals surface area contributed by atoms with E-state index < -0.39 is 40.0 Å². The Balaban J connectivity index is 2.24. The van der Waals surface area contributed by atoms with Crippen LogP contribution in [0.25, 0.3) is 0 Å². The summed E-state index contributed by atoms with van der Waals surface area (Å²) >= 11 is 0. The van der Waals surface area contributed by atoms with E-state index >= 15 is 0 Å². The van der Waals surface area contributed by atoms with Crippen LogP contribution in [0.1, 0.15) is 125 Å². The maximum Gasteiger partial charge on any atom is 0.210 e. The molecule has 0 bridgehead atoms. The van der Waals surface area contributed by atoms with E-state index in [9.17, 15) is 29.4 Å². The van der Waals surface area contributed by atoms with Gasteiger partial charge in [0, 0.05) is 33.3 Å². The molecule has 2 amide bonds. The third-order valence-electron chi connectivity index (χ3n) is 8.35. The fourth-order valence-electron chi connectivity index (χ4n) is 7.39. The van der Waals surface area contributed by atoms with Crippen molar-refractivity contribution in [1.82, 2.24) is 9.80 Å². The number of aromatic carboxylic acids is 2. The maximum atomic E-state index is 12.7. The average Bonchev–Trinajstić information content (AvgIpc) is 2.69. The van der Waals surface area contributed by atoms with Gasteiger partial charge in [0.2, 0.25) is 12.8 Å². The molecule has 2 fully saturated rings. The minimum Gasteiger partial charge on any atom is -0.545 e. The van der Waals surface area contributed by atoms with Crippen LogP contribution in [-0.4, -0.2) is 56.7 Å². The van der Waals surface area contributed by atoms with Crippen LogP contribution in [0, 0.1) is 0 Å². The molecule has 0 spiro atoms. The highest BCUT2D eigenvalue weighted by molar-refractivity contribution is 5.97. The van der Waals surface area contributed by atoms with Gasteiger partial charge in [-0.2, -0.15) is 0 Å². The molecule has 2 saturated heterocycles. The van der Waals surface area contributed by atoms with E-state index in [0.29, 0.717) is 31.2 Å². The third-order valence-corrected chi connectivity index (χ3v) is 8.35. The zero-order chi connectivity index (χ0) is 27.4. The summed E-state index contributed by atoms with van der Waals surface area (Å²) in [6.45, 7) is 15.4. The van der Waals surface area contributed by atoms with Crippen molar-refractivity contribution in [3.05, 3.63) is 34.4 Å². The first-order valence-electron chi connectivity index (χ1n) is 12.5. The van der Waals surface area contributed by atoms with Crippen molar-refractivity contribution in [1.29, 1.82) is 0 Å². The molecule has 198 valence electrons. The molecule has 0 radical (unpaired) electrons. The largest absolute Gasteiger partial charge is 0.545 e. The highest BCUT2D eigenvalue weighted by Gasteiger charge is 2.48. The number of benzene rings is 1. The summed E-state index contributed by atoms with van der Waals surface area (Å²) in [5, 5.41) is 25.0. The van der Waals surface area contributed by atoms with E-state index in [0.717, 1.165) is 12.8 Å². The highest BCUT2D eigenvalue weighted by atomic mass is 16.4. The normalized spacial score (nSPS) is 23.2. The lowest BCUT2D eigenvalue weighted by molar-refractivity contribution is -0.255. The Labute approximate surface area is 213 Å². The van der Waals surface area contributed by atoms with Crippen LogP contribution >= 0.6 is 0 Å². The van der Waals surface area contributed by atoms with Gasteiger partial charge in [-0.3, -0.25) is 9.59 Å². The molecule has 2 aliphatic rings. The van der Waals surface area contributed by atoms with Gasteiger partial charge in [0.15, 0.2) is 0 Å². The number of carbonyl (C=O) groups excluding carboxylic acids is 4. The van der Waals surface area contributed by atoms with Crippen LogP contribution in [0.5, 0.6) is 0 Å². The molecule has 2 heterocycles. The second-order valence-corrected chi connectivity index (χ2v) is 13.0. The lowest BCUT2D eigenvalue weighted by atomic mass is 9.67. The number of nitrogens with zero attached hydrogens (tertiary/aromatic N) is 2. The fourth-order valence-corrected chi connectivity index (χ4v) is 7.39. The topological polar surface area (TPSA) is 121 Å². The number of piperidine rings is 2. The smallest absolute Gasteiger partial charge is 0.210 e. The first-order valence-corrected chi connectivity index (χ1v) is 12.5. The molecule has 0 atom stereocenters. The molecule has 1 aromatic rings. The van der Waals surface area contributed by atoms with Crippen LogP contribution < -0.4 is 10.2 Å². The Bertz CT molecular complexity index is 1050. The molecule has 8 nitrogen and oxygen atoms in total. The molecule has 0 saturated carbocycles. The van der Waals surface area contributed by atoms with Crippen molar-refractivity contribution in [2.75, 3.05) is 0 Å². The van der Waals surface area contributed by atoms with Crippen molar-refractivity contribution in [3.8, 4) is 0 Å². The van der Waals surface area contributed by atoms with E-state index in [2.05, 4.69) is 0 Å². The molecule has 0 unspecified atom stereocenters. The summed E-state index contributed by atoms with van der Waals surface area (Å²) in [4.78, 5) is 52.2. The molecular weight excluding hydrogens is 460 g/mol. The average molecular weight is 499 g/mol. The molecule has 2 aliphatic heterocycles. The van der Waals surface area contributed by atoms with Crippen molar-refractivity contribution in [2.24, 2.45) is 0 Å². The van der Waals surface area contributed by atoms with E-state index in [4.69, 9.17) is 0 Å². The Hall–Kier alpha value is -2.90. The SMILES string of the molecule is CC1(C)CC(c2ccc(C(=O)[O-])c(C3CC(C)(C)N(C=O)C(C)(C)C3)c2C(=O)[O-])CC(C)(C)N1C=O. The quantitative estimate of drug-likeness (QED) is 0.555.